The van der Waals surface area contributed by atoms with E-state index in [1.165, 1.54) is 54.5 Å². The summed E-state index contributed by atoms with van der Waals surface area (Å²) in [6.45, 7) is 28.7. The van der Waals surface area contributed by atoms with Gasteiger partial charge in [-0.05, 0) is 25.7 Å². The van der Waals surface area contributed by atoms with Gasteiger partial charge in [-0.25, -0.2) is 0 Å². The molecule has 0 amide bonds. The van der Waals surface area contributed by atoms with Crippen LogP contribution in [-0.2, 0) is 41.1 Å². The monoisotopic (exact) mass is 957 g/mol. The number of allylic oxidation sites excluding steroid dienone is 2. The maximum Gasteiger partial charge on any atom is 0.164 e. The summed E-state index contributed by atoms with van der Waals surface area (Å²) in [5, 5.41) is 15.5. The third-order valence-corrected chi connectivity index (χ3v) is 15.2. The van der Waals surface area contributed by atoms with Crippen LogP contribution in [-0.4, -0.2) is 30.4 Å². The largest absolute Gasteiger partial charge is 0.512 e. The SMILES string of the molecule is CC(C)(C)c1cc(-c2nccc3c2[se]c2ccc4c(c23)C(C)(C)CCC4(C)C)[c-]c2ccccc12.CCC(C)(CC)C(=O)/C=C(\O)C(C)(CC)CC.[Ir]. The minimum Gasteiger partial charge on any atom is -0.512 e. The van der Waals surface area contributed by atoms with Crippen molar-refractivity contribution >= 4 is 50.4 Å². The molecule has 1 aliphatic rings. The predicted molar refractivity (Wildman–Crippen MR) is 225 cm³/mol. The molecule has 0 fully saturated rings. The summed E-state index contributed by atoms with van der Waals surface area (Å²) in [6.07, 6.45) is 9.26. The number of carbonyl (C=O) groups excluding carboxylic acids is 1. The van der Waals surface area contributed by atoms with Gasteiger partial charge in [0, 0.05) is 37.0 Å². The first kappa shape index (κ1) is 43.2. The second kappa shape index (κ2) is 15.9. The molecular formula is C48H62IrNO2Se-. The molecule has 2 aromatic heterocycles. The molecule has 0 aliphatic heterocycles. The van der Waals surface area contributed by atoms with E-state index < -0.39 is 0 Å². The van der Waals surface area contributed by atoms with Crippen molar-refractivity contribution in [3.8, 4) is 11.3 Å². The van der Waals surface area contributed by atoms with E-state index in [1.807, 2.05) is 47.7 Å². The molecule has 3 nitrogen and oxygen atoms in total. The van der Waals surface area contributed by atoms with Crippen LogP contribution in [0.1, 0.15) is 145 Å². The number of rotatable bonds is 8. The third kappa shape index (κ3) is 8.21. The first-order valence-corrected chi connectivity index (χ1v) is 21.2. The van der Waals surface area contributed by atoms with E-state index in [4.69, 9.17) is 4.98 Å². The average molecular weight is 956 g/mol. The van der Waals surface area contributed by atoms with Gasteiger partial charge in [0.2, 0.25) is 0 Å². The Morgan fingerprint density at radius 3 is 2.06 bits per heavy atom. The van der Waals surface area contributed by atoms with E-state index in [2.05, 4.69) is 103 Å². The standard InChI is InChI=1S/C33H34NSe.C15H28O2.Ir/c1-31(2,3)25-19-21(18-20-10-8-9-11-22(20)25)29-30-23(14-17-34-29)27-26(35-30)13-12-24-28(27)33(6,7)16-15-32(24,4)5;1-7-14(5,8-2)12(16)11-13(17)15(6,9-3)10-4;/h8-14,17,19H,15-16H2,1-7H3;11,16H,7-10H2,1-6H3;/q-1;;/b;12-11-;. The van der Waals surface area contributed by atoms with Crippen LogP contribution in [0.15, 0.2) is 66.6 Å². The molecule has 0 bridgehead atoms. The quantitative estimate of drug-likeness (QED) is 0.0730. The van der Waals surface area contributed by atoms with Crippen molar-refractivity contribution in [3.05, 3.63) is 89.3 Å². The van der Waals surface area contributed by atoms with Crippen molar-refractivity contribution in [2.24, 2.45) is 10.8 Å². The van der Waals surface area contributed by atoms with E-state index >= 15 is 0 Å². The number of nitrogens with zero attached hydrogens (tertiary/aromatic N) is 1. The van der Waals surface area contributed by atoms with Gasteiger partial charge in [0.1, 0.15) is 5.76 Å². The topological polar surface area (TPSA) is 50.2 Å². The molecule has 0 spiro atoms. The van der Waals surface area contributed by atoms with Gasteiger partial charge < -0.3 is 5.11 Å². The zero-order chi connectivity index (χ0) is 38.4. The molecule has 0 unspecified atom stereocenters. The Balaban J connectivity index is 0.000000299. The van der Waals surface area contributed by atoms with E-state index in [0.29, 0.717) is 0 Å². The molecule has 53 heavy (non-hydrogen) atoms. The van der Waals surface area contributed by atoms with Gasteiger partial charge in [-0.3, -0.25) is 4.79 Å². The Bertz CT molecular complexity index is 2140. The molecule has 0 saturated carbocycles. The Morgan fingerprint density at radius 1 is 0.849 bits per heavy atom. The first-order valence-electron chi connectivity index (χ1n) is 19.5. The number of hydrogen-bond acceptors (Lipinski definition) is 3. The summed E-state index contributed by atoms with van der Waals surface area (Å²) in [7, 11) is 0. The van der Waals surface area contributed by atoms with Gasteiger partial charge in [-0.2, -0.15) is 0 Å². The minimum atomic E-state index is -0.337. The van der Waals surface area contributed by atoms with E-state index in [-0.39, 0.29) is 73.2 Å². The maximum atomic E-state index is 12.2. The minimum absolute atomic E-state index is 0. The van der Waals surface area contributed by atoms with Crippen molar-refractivity contribution in [2.75, 3.05) is 0 Å². The van der Waals surface area contributed by atoms with Gasteiger partial charge in [0.25, 0.3) is 0 Å². The van der Waals surface area contributed by atoms with Crippen LogP contribution in [0.25, 0.3) is 41.3 Å². The molecule has 3 aromatic carbocycles. The molecule has 287 valence electrons. The van der Waals surface area contributed by atoms with E-state index in [0.717, 1.165) is 36.9 Å². The van der Waals surface area contributed by atoms with Crippen molar-refractivity contribution in [1.82, 2.24) is 4.98 Å². The summed E-state index contributed by atoms with van der Waals surface area (Å²) in [5.41, 5.74) is 6.60. The van der Waals surface area contributed by atoms with E-state index in [1.54, 1.807) is 11.1 Å². The summed E-state index contributed by atoms with van der Waals surface area (Å²) in [6, 6.07) is 21.9. The zero-order valence-electron chi connectivity index (χ0n) is 34.6. The van der Waals surface area contributed by atoms with Gasteiger partial charge in [-0.15, -0.1) is 0 Å². The molecular weight excluding hydrogens is 894 g/mol. The summed E-state index contributed by atoms with van der Waals surface area (Å²) in [5.74, 6) is 0.286. The molecule has 6 rings (SSSR count). The van der Waals surface area contributed by atoms with Crippen LogP contribution in [0.3, 0.4) is 0 Å². The summed E-state index contributed by atoms with van der Waals surface area (Å²) in [4.78, 5) is 17.2. The Labute approximate surface area is 339 Å². The van der Waals surface area contributed by atoms with Crippen molar-refractivity contribution in [1.29, 1.82) is 0 Å². The summed E-state index contributed by atoms with van der Waals surface area (Å²) >= 11 is 0.238. The Morgan fingerprint density at radius 2 is 1.45 bits per heavy atom. The number of carbonyl (C=O) groups is 1. The molecule has 0 saturated heterocycles. The van der Waals surface area contributed by atoms with Crippen molar-refractivity contribution in [2.45, 2.75) is 145 Å². The van der Waals surface area contributed by atoms with Crippen LogP contribution in [0, 0.1) is 16.9 Å². The number of aromatic nitrogens is 1. The van der Waals surface area contributed by atoms with Crippen LogP contribution in [0.4, 0.5) is 0 Å². The number of hydrogen-bond donors (Lipinski definition) is 1. The fourth-order valence-electron chi connectivity index (χ4n) is 7.80. The van der Waals surface area contributed by atoms with Gasteiger partial charge in [0.15, 0.2) is 5.78 Å². The predicted octanol–water partition coefficient (Wildman–Crippen LogP) is 13.4. The molecule has 5 heteroatoms. The Kier molecular flexibility index (Phi) is 13.0. The van der Waals surface area contributed by atoms with Gasteiger partial charge in [-0.1, -0.05) is 41.5 Å². The first-order chi connectivity index (χ1) is 24.3. The van der Waals surface area contributed by atoms with Crippen molar-refractivity contribution in [3.63, 3.8) is 0 Å². The van der Waals surface area contributed by atoms with Crippen molar-refractivity contribution < 1.29 is 30.0 Å². The van der Waals surface area contributed by atoms with Gasteiger partial charge in [0.05, 0.1) is 0 Å². The molecule has 1 N–H and O–H groups in total. The summed E-state index contributed by atoms with van der Waals surface area (Å²) < 4.78 is 2.94. The van der Waals surface area contributed by atoms with Gasteiger partial charge >= 0.3 is 216 Å². The van der Waals surface area contributed by atoms with Crippen LogP contribution < -0.4 is 0 Å². The zero-order valence-corrected chi connectivity index (χ0v) is 38.7. The number of fused-ring (bicyclic) bond motifs is 6. The second-order valence-electron chi connectivity index (χ2n) is 18.1. The molecule has 1 aliphatic carbocycles. The Hall–Kier alpha value is -2.55. The number of aliphatic hydroxyl groups excluding tert-OH is 1. The molecule has 0 atom stereocenters. The van der Waals surface area contributed by atoms with Crippen LogP contribution >= 0.6 is 0 Å². The second-order valence-corrected chi connectivity index (χ2v) is 20.3. The fraction of sp³-hybridized carbons (Fsp3) is 0.500. The normalized spacial score (nSPS) is 15.8. The fourth-order valence-corrected chi connectivity index (χ4v) is 10.3. The maximum absolute atomic E-state index is 12.2. The van der Waals surface area contributed by atoms with Crippen LogP contribution in [0.5, 0.6) is 0 Å². The smallest absolute Gasteiger partial charge is 0.164 e. The number of pyridine rings is 1. The molecule has 5 aromatic rings. The average Bonchev–Trinajstić information content (AvgIpc) is 3.51. The van der Waals surface area contributed by atoms with E-state index in [9.17, 15) is 9.90 Å². The molecule has 1 radical (unpaired) electrons. The number of ketones is 1. The van der Waals surface area contributed by atoms with Crippen LogP contribution in [0.2, 0.25) is 0 Å². The third-order valence-electron chi connectivity index (χ3n) is 12.8. The number of aliphatic hydroxyl groups is 1. The number of benzene rings is 3. The molecule has 2 heterocycles.